The summed E-state index contributed by atoms with van der Waals surface area (Å²) < 4.78 is 0. The number of aromatic amines is 1. The van der Waals surface area contributed by atoms with E-state index in [1.807, 2.05) is 0 Å². The van der Waals surface area contributed by atoms with Gasteiger partial charge in [0.2, 0.25) is 0 Å². The van der Waals surface area contributed by atoms with Crippen LogP contribution in [0.4, 0.5) is 5.69 Å². The molecule has 3 rings (SSSR count). The lowest BCUT2D eigenvalue weighted by Gasteiger charge is -2.12. The molecule has 20 heavy (non-hydrogen) atoms. The van der Waals surface area contributed by atoms with E-state index in [0.29, 0.717) is 36.2 Å². The molecular formula is C14H14N4O2. The van der Waals surface area contributed by atoms with Gasteiger partial charge in [-0.3, -0.25) is 14.5 Å². The summed E-state index contributed by atoms with van der Waals surface area (Å²) in [6, 6.07) is 4.80. The average Bonchev–Trinajstić information content (AvgIpc) is 3.02. The van der Waals surface area contributed by atoms with Gasteiger partial charge < -0.3 is 10.7 Å². The van der Waals surface area contributed by atoms with Gasteiger partial charge in [0.25, 0.3) is 11.8 Å². The molecule has 0 fully saturated rings. The Morgan fingerprint density at radius 3 is 2.75 bits per heavy atom. The van der Waals surface area contributed by atoms with Crippen LogP contribution in [0.3, 0.4) is 0 Å². The molecular weight excluding hydrogens is 256 g/mol. The van der Waals surface area contributed by atoms with Crippen molar-refractivity contribution in [3.63, 3.8) is 0 Å². The molecule has 0 spiro atoms. The maximum absolute atomic E-state index is 12.2. The normalized spacial score (nSPS) is 13.9. The predicted octanol–water partition coefficient (Wildman–Crippen LogP) is 1.22. The Balaban J connectivity index is 1.70. The molecule has 1 aromatic heterocycles. The monoisotopic (exact) mass is 270 g/mol. The van der Waals surface area contributed by atoms with Crippen molar-refractivity contribution in [2.24, 2.45) is 0 Å². The van der Waals surface area contributed by atoms with Crippen LogP contribution in [0.1, 0.15) is 33.0 Å². The maximum atomic E-state index is 12.2. The second-order valence-electron chi connectivity index (χ2n) is 4.71. The minimum atomic E-state index is -0.267. The van der Waals surface area contributed by atoms with Gasteiger partial charge in [0.15, 0.2) is 0 Å². The lowest BCUT2D eigenvalue weighted by Crippen LogP contribution is -2.31. The standard InChI is InChI=1S/C14H14N4O2/c15-9-3-4-10-11(8-9)14(20)18(13(10)19)7-1-2-12-16-5-6-17-12/h3-6,8H,1-2,7,15H2,(H,16,17). The van der Waals surface area contributed by atoms with E-state index in [2.05, 4.69) is 9.97 Å². The number of hydrogen-bond donors (Lipinski definition) is 2. The first-order valence-corrected chi connectivity index (χ1v) is 6.41. The molecule has 0 saturated carbocycles. The Bertz CT molecular complexity index is 664. The Labute approximate surface area is 115 Å². The van der Waals surface area contributed by atoms with Crippen LogP contribution in [0.25, 0.3) is 0 Å². The van der Waals surface area contributed by atoms with Gasteiger partial charge in [-0.05, 0) is 24.6 Å². The second-order valence-corrected chi connectivity index (χ2v) is 4.71. The van der Waals surface area contributed by atoms with Gasteiger partial charge in [-0.1, -0.05) is 0 Å². The fraction of sp³-hybridized carbons (Fsp3) is 0.214. The summed E-state index contributed by atoms with van der Waals surface area (Å²) in [4.78, 5) is 32.7. The van der Waals surface area contributed by atoms with Gasteiger partial charge in [-0.25, -0.2) is 4.98 Å². The molecule has 1 aliphatic heterocycles. The number of nitrogens with two attached hydrogens (primary N) is 1. The van der Waals surface area contributed by atoms with Gasteiger partial charge in [-0.15, -0.1) is 0 Å². The number of imidazole rings is 1. The van der Waals surface area contributed by atoms with Crippen LogP contribution in [0.2, 0.25) is 0 Å². The molecule has 102 valence electrons. The Morgan fingerprint density at radius 2 is 2.00 bits per heavy atom. The smallest absolute Gasteiger partial charge is 0.261 e. The molecule has 6 heteroatoms. The minimum absolute atomic E-state index is 0.246. The van der Waals surface area contributed by atoms with Crippen LogP contribution in [0.15, 0.2) is 30.6 Å². The van der Waals surface area contributed by atoms with Crippen LogP contribution in [0.5, 0.6) is 0 Å². The largest absolute Gasteiger partial charge is 0.399 e. The van der Waals surface area contributed by atoms with E-state index in [1.165, 1.54) is 4.90 Å². The van der Waals surface area contributed by atoms with E-state index in [-0.39, 0.29) is 11.8 Å². The van der Waals surface area contributed by atoms with Gasteiger partial charge in [-0.2, -0.15) is 0 Å². The van der Waals surface area contributed by atoms with Gasteiger partial charge in [0.05, 0.1) is 11.1 Å². The van der Waals surface area contributed by atoms with Crippen molar-refractivity contribution in [2.45, 2.75) is 12.8 Å². The first-order valence-electron chi connectivity index (χ1n) is 6.41. The number of nitrogens with zero attached hydrogens (tertiary/aromatic N) is 2. The first-order chi connectivity index (χ1) is 9.66. The summed E-state index contributed by atoms with van der Waals surface area (Å²) in [5.74, 6) is 0.340. The Morgan fingerprint density at radius 1 is 1.20 bits per heavy atom. The van der Waals surface area contributed by atoms with Crippen molar-refractivity contribution in [3.05, 3.63) is 47.5 Å². The fourth-order valence-electron chi connectivity index (χ4n) is 2.35. The number of carbonyl (C=O) groups excluding carboxylic acids is 2. The van der Waals surface area contributed by atoms with E-state index in [0.717, 1.165) is 5.82 Å². The average molecular weight is 270 g/mol. The number of rotatable bonds is 4. The summed E-state index contributed by atoms with van der Waals surface area (Å²) in [7, 11) is 0. The van der Waals surface area contributed by atoms with E-state index in [4.69, 9.17) is 5.73 Å². The van der Waals surface area contributed by atoms with Crippen LogP contribution in [-0.4, -0.2) is 33.2 Å². The topological polar surface area (TPSA) is 92.1 Å². The zero-order valence-corrected chi connectivity index (χ0v) is 10.8. The number of H-pyrrole nitrogens is 1. The van der Waals surface area contributed by atoms with Crippen molar-refractivity contribution >= 4 is 17.5 Å². The van der Waals surface area contributed by atoms with E-state index in [1.54, 1.807) is 30.6 Å². The number of benzene rings is 1. The van der Waals surface area contributed by atoms with E-state index >= 15 is 0 Å². The highest BCUT2D eigenvalue weighted by Gasteiger charge is 2.34. The van der Waals surface area contributed by atoms with E-state index in [9.17, 15) is 9.59 Å². The summed E-state index contributed by atoms with van der Waals surface area (Å²) in [6.07, 6.45) is 4.80. The lowest BCUT2D eigenvalue weighted by molar-refractivity contribution is 0.0652. The Hall–Kier alpha value is -2.63. The Kier molecular flexibility index (Phi) is 2.98. The molecule has 6 nitrogen and oxygen atoms in total. The maximum Gasteiger partial charge on any atom is 0.261 e. The van der Waals surface area contributed by atoms with Crippen LogP contribution < -0.4 is 5.73 Å². The molecule has 3 N–H and O–H groups in total. The summed E-state index contributed by atoms with van der Waals surface area (Å²) in [5.41, 5.74) is 6.97. The molecule has 0 radical (unpaired) electrons. The minimum Gasteiger partial charge on any atom is -0.399 e. The molecule has 1 aliphatic rings. The van der Waals surface area contributed by atoms with Crippen LogP contribution >= 0.6 is 0 Å². The van der Waals surface area contributed by atoms with Crippen molar-refractivity contribution in [1.29, 1.82) is 0 Å². The number of nitrogens with one attached hydrogen (secondary N) is 1. The number of imide groups is 1. The first kappa shape index (κ1) is 12.4. The third-order valence-electron chi connectivity index (χ3n) is 3.34. The van der Waals surface area contributed by atoms with Gasteiger partial charge in [0, 0.05) is 31.0 Å². The highest BCUT2D eigenvalue weighted by atomic mass is 16.2. The van der Waals surface area contributed by atoms with Crippen molar-refractivity contribution in [1.82, 2.24) is 14.9 Å². The zero-order valence-electron chi connectivity index (χ0n) is 10.8. The summed E-state index contributed by atoms with van der Waals surface area (Å²) in [6.45, 7) is 0.382. The molecule has 2 amide bonds. The number of fused-ring (bicyclic) bond motifs is 1. The molecule has 1 aromatic carbocycles. The summed E-state index contributed by atoms with van der Waals surface area (Å²) >= 11 is 0. The highest BCUT2D eigenvalue weighted by molar-refractivity contribution is 6.21. The number of aromatic nitrogens is 2. The van der Waals surface area contributed by atoms with Crippen LogP contribution in [-0.2, 0) is 6.42 Å². The third-order valence-corrected chi connectivity index (χ3v) is 3.34. The van der Waals surface area contributed by atoms with E-state index < -0.39 is 0 Å². The number of amides is 2. The molecule has 2 heterocycles. The molecule has 0 saturated heterocycles. The SMILES string of the molecule is Nc1ccc2c(c1)C(=O)N(CCCc1ncc[nH]1)C2=O. The number of hydrogen-bond acceptors (Lipinski definition) is 4. The highest BCUT2D eigenvalue weighted by Crippen LogP contribution is 2.24. The number of anilines is 1. The number of aryl methyl sites for hydroxylation is 1. The third kappa shape index (κ3) is 2.05. The predicted molar refractivity (Wildman–Crippen MR) is 73.1 cm³/mol. The molecule has 0 bridgehead atoms. The molecule has 0 atom stereocenters. The van der Waals surface area contributed by atoms with Crippen molar-refractivity contribution < 1.29 is 9.59 Å². The number of nitrogen functional groups attached to an aromatic ring is 1. The van der Waals surface area contributed by atoms with Crippen molar-refractivity contribution in [3.8, 4) is 0 Å². The molecule has 0 aliphatic carbocycles. The quantitative estimate of drug-likeness (QED) is 0.645. The van der Waals surface area contributed by atoms with Crippen molar-refractivity contribution in [2.75, 3.05) is 12.3 Å². The fourth-order valence-corrected chi connectivity index (χ4v) is 2.35. The summed E-state index contributed by atoms with van der Waals surface area (Å²) in [5, 5.41) is 0. The second kappa shape index (κ2) is 4.80. The molecule has 2 aromatic rings. The number of carbonyl (C=O) groups is 2. The zero-order chi connectivity index (χ0) is 14.1. The lowest BCUT2D eigenvalue weighted by atomic mass is 10.1. The molecule has 0 unspecified atom stereocenters. The van der Waals surface area contributed by atoms with Crippen LogP contribution in [0, 0.1) is 0 Å². The van der Waals surface area contributed by atoms with Gasteiger partial charge >= 0.3 is 0 Å². The van der Waals surface area contributed by atoms with Gasteiger partial charge in [0.1, 0.15) is 5.82 Å².